The van der Waals surface area contributed by atoms with E-state index in [1.54, 1.807) is 11.3 Å². The average molecular weight is 290 g/mol. The molecule has 1 amide bonds. The molecule has 20 heavy (non-hydrogen) atoms. The lowest BCUT2D eigenvalue weighted by atomic mass is 9.87. The largest absolute Gasteiger partial charge is 0.397 e. The van der Waals surface area contributed by atoms with Crippen molar-refractivity contribution < 1.29 is 9.18 Å². The van der Waals surface area contributed by atoms with Crippen LogP contribution in [0.15, 0.2) is 29.6 Å². The Bertz CT molecular complexity index is 653. The molecule has 0 aliphatic heterocycles. The highest BCUT2D eigenvalue weighted by Gasteiger charge is 2.27. The van der Waals surface area contributed by atoms with Crippen molar-refractivity contribution in [3.8, 4) is 0 Å². The Morgan fingerprint density at radius 1 is 1.40 bits per heavy atom. The van der Waals surface area contributed by atoms with E-state index >= 15 is 0 Å². The number of aryl methyl sites for hydroxylation is 1. The summed E-state index contributed by atoms with van der Waals surface area (Å²) in [5, 5.41) is 4.77. The lowest BCUT2D eigenvalue weighted by Gasteiger charge is -2.22. The molecule has 0 bridgehead atoms. The number of anilines is 2. The van der Waals surface area contributed by atoms with Crippen molar-refractivity contribution in [2.75, 3.05) is 11.1 Å². The van der Waals surface area contributed by atoms with Gasteiger partial charge in [-0.2, -0.15) is 0 Å². The maximum Gasteiger partial charge on any atom is 0.232 e. The summed E-state index contributed by atoms with van der Waals surface area (Å²) in [6.07, 6.45) is 2.87. The van der Waals surface area contributed by atoms with Gasteiger partial charge in [0.25, 0.3) is 0 Å². The van der Waals surface area contributed by atoms with E-state index in [4.69, 9.17) is 5.73 Å². The molecule has 2 aromatic rings. The smallest absolute Gasteiger partial charge is 0.232 e. The third kappa shape index (κ3) is 2.41. The van der Waals surface area contributed by atoms with E-state index in [0.29, 0.717) is 11.4 Å². The van der Waals surface area contributed by atoms with Crippen LogP contribution in [0.1, 0.15) is 29.2 Å². The first-order valence-corrected chi connectivity index (χ1v) is 7.45. The SMILES string of the molecule is Nc1ccc(F)cc1NC(=O)C1CCCc2sccc21. The van der Waals surface area contributed by atoms with Gasteiger partial charge < -0.3 is 11.1 Å². The molecule has 0 saturated carbocycles. The number of hydrogen-bond donors (Lipinski definition) is 2. The Labute approximate surface area is 120 Å². The molecule has 3 nitrogen and oxygen atoms in total. The topological polar surface area (TPSA) is 55.1 Å². The maximum absolute atomic E-state index is 13.2. The summed E-state index contributed by atoms with van der Waals surface area (Å²) in [7, 11) is 0. The number of nitrogen functional groups attached to an aromatic ring is 1. The van der Waals surface area contributed by atoms with Crippen LogP contribution in [0.5, 0.6) is 0 Å². The van der Waals surface area contributed by atoms with Gasteiger partial charge in [0, 0.05) is 4.88 Å². The van der Waals surface area contributed by atoms with Crippen LogP contribution in [-0.4, -0.2) is 5.91 Å². The standard InChI is InChI=1S/C15H15FN2OS/c16-9-4-5-12(17)13(8-9)18-15(19)11-2-1-3-14-10(11)6-7-20-14/h4-8,11H,1-3,17H2,(H,18,19). The van der Waals surface area contributed by atoms with Crippen LogP contribution in [0.25, 0.3) is 0 Å². The second kappa shape index (κ2) is 5.25. The number of fused-ring (bicyclic) bond motifs is 1. The number of benzene rings is 1. The van der Waals surface area contributed by atoms with Crippen molar-refractivity contribution in [1.82, 2.24) is 0 Å². The van der Waals surface area contributed by atoms with E-state index in [0.717, 1.165) is 24.8 Å². The first-order chi connectivity index (χ1) is 9.65. The van der Waals surface area contributed by atoms with E-state index in [2.05, 4.69) is 5.32 Å². The van der Waals surface area contributed by atoms with Crippen LogP contribution in [0, 0.1) is 5.82 Å². The molecular formula is C15H15FN2OS. The van der Waals surface area contributed by atoms with E-state index in [1.807, 2.05) is 11.4 Å². The lowest BCUT2D eigenvalue weighted by Crippen LogP contribution is -2.24. The van der Waals surface area contributed by atoms with E-state index < -0.39 is 5.82 Å². The molecule has 0 fully saturated rings. The zero-order chi connectivity index (χ0) is 14.1. The Hall–Kier alpha value is -1.88. The van der Waals surface area contributed by atoms with Crippen LogP contribution in [0.2, 0.25) is 0 Å². The highest BCUT2D eigenvalue weighted by molar-refractivity contribution is 7.10. The molecule has 1 aromatic heterocycles. The van der Waals surface area contributed by atoms with Gasteiger partial charge in [-0.05, 0) is 54.5 Å². The molecule has 1 heterocycles. The lowest BCUT2D eigenvalue weighted by molar-refractivity contribution is -0.117. The normalized spacial score (nSPS) is 17.6. The molecule has 1 aromatic carbocycles. The highest BCUT2D eigenvalue weighted by Crippen LogP contribution is 2.36. The van der Waals surface area contributed by atoms with E-state index in [9.17, 15) is 9.18 Å². The minimum absolute atomic E-state index is 0.110. The van der Waals surface area contributed by atoms with Crippen LogP contribution in [0.4, 0.5) is 15.8 Å². The van der Waals surface area contributed by atoms with Crippen molar-refractivity contribution in [3.05, 3.63) is 45.9 Å². The van der Waals surface area contributed by atoms with Crippen molar-refractivity contribution in [2.24, 2.45) is 0 Å². The highest BCUT2D eigenvalue weighted by atomic mass is 32.1. The van der Waals surface area contributed by atoms with Crippen molar-refractivity contribution in [3.63, 3.8) is 0 Å². The number of halogens is 1. The van der Waals surface area contributed by atoms with Gasteiger partial charge in [0.2, 0.25) is 5.91 Å². The summed E-state index contributed by atoms with van der Waals surface area (Å²) in [5.74, 6) is -0.677. The van der Waals surface area contributed by atoms with Crippen molar-refractivity contribution in [2.45, 2.75) is 25.2 Å². The van der Waals surface area contributed by atoms with E-state index in [1.165, 1.54) is 23.1 Å². The Morgan fingerprint density at radius 2 is 2.25 bits per heavy atom. The zero-order valence-electron chi connectivity index (χ0n) is 10.9. The van der Waals surface area contributed by atoms with Gasteiger partial charge in [-0.1, -0.05) is 0 Å². The first-order valence-electron chi connectivity index (χ1n) is 6.57. The molecule has 0 spiro atoms. The fraction of sp³-hybridized carbons (Fsp3) is 0.267. The van der Waals surface area contributed by atoms with Gasteiger partial charge in [-0.15, -0.1) is 11.3 Å². The number of amides is 1. The fourth-order valence-electron chi connectivity index (χ4n) is 2.62. The fourth-order valence-corrected chi connectivity index (χ4v) is 3.60. The number of carbonyl (C=O) groups excluding carboxylic acids is 1. The molecule has 0 radical (unpaired) electrons. The molecule has 1 aliphatic carbocycles. The Balaban J connectivity index is 1.83. The van der Waals surface area contributed by atoms with Crippen LogP contribution < -0.4 is 11.1 Å². The minimum Gasteiger partial charge on any atom is -0.397 e. The summed E-state index contributed by atoms with van der Waals surface area (Å²) < 4.78 is 13.2. The van der Waals surface area contributed by atoms with Crippen LogP contribution in [0.3, 0.4) is 0 Å². The second-order valence-corrected chi connectivity index (χ2v) is 5.97. The Morgan fingerprint density at radius 3 is 3.10 bits per heavy atom. The summed E-state index contributed by atoms with van der Waals surface area (Å²) in [6.45, 7) is 0. The first kappa shape index (κ1) is 13.1. The minimum atomic E-state index is -0.408. The molecule has 1 atom stereocenters. The van der Waals surface area contributed by atoms with E-state index in [-0.39, 0.29) is 11.8 Å². The quantitative estimate of drug-likeness (QED) is 0.831. The molecule has 1 unspecified atom stereocenters. The number of nitrogens with two attached hydrogens (primary N) is 1. The average Bonchev–Trinajstić information content (AvgIpc) is 2.91. The van der Waals surface area contributed by atoms with Gasteiger partial charge in [-0.3, -0.25) is 4.79 Å². The molecule has 0 saturated heterocycles. The monoisotopic (exact) mass is 290 g/mol. The molecular weight excluding hydrogens is 275 g/mol. The predicted molar refractivity (Wildman–Crippen MR) is 79.4 cm³/mol. The third-order valence-corrected chi connectivity index (χ3v) is 4.64. The van der Waals surface area contributed by atoms with Gasteiger partial charge in [0.1, 0.15) is 5.82 Å². The number of carbonyl (C=O) groups is 1. The number of nitrogens with one attached hydrogen (secondary N) is 1. The number of thiophene rings is 1. The van der Waals surface area contributed by atoms with Crippen molar-refractivity contribution in [1.29, 1.82) is 0 Å². The second-order valence-electron chi connectivity index (χ2n) is 4.96. The number of hydrogen-bond acceptors (Lipinski definition) is 3. The van der Waals surface area contributed by atoms with Crippen molar-refractivity contribution >= 4 is 28.6 Å². The number of rotatable bonds is 2. The molecule has 3 rings (SSSR count). The van der Waals surface area contributed by atoms with Crippen LogP contribution >= 0.6 is 11.3 Å². The molecule has 104 valence electrons. The Kier molecular flexibility index (Phi) is 3.44. The van der Waals surface area contributed by atoms with Gasteiger partial charge in [-0.25, -0.2) is 4.39 Å². The summed E-state index contributed by atoms with van der Waals surface area (Å²) in [6, 6.07) is 6.01. The summed E-state index contributed by atoms with van der Waals surface area (Å²) in [4.78, 5) is 13.7. The molecule has 5 heteroatoms. The van der Waals surface area contributed by atoms with Gasteiger partial charge in [0.15, 0.2) is 0 Å². The molecule has 1 aliphatic rings. The predicted octanol–water partition coefficient (Wildman–Crippen LogP) is 3.53. The maximum atomic E-state index is 13.2. The summed E-state index contributed by atoms with van der Waals surface area (Å²) >= 11 is 1.69. The van der Waals surface area contributed by atoms with Gasteiger partial charge >= 0.3 is 0 Å². The van der Waals surface area contributed by atoms with Crippen LogP contribution in [-0.2, 0) is 11.2 Å². The zero-order valence-corrected chi connectivity index (χ0v) is 11.7. The van der Waals surface area contributed by atoms with Gasteiger partial charge in [0.05, 0.1) is 17.3 Å². The molecule has 3 N–H and O–H groups in total. The third-order valence-electron chi connectivity index (χ3n) is 3.64. The summed E-state index contributed by atoms with van der Waals surface area (Å²) in [5.41, 5.74) is 7.59.